The standard InChI is InChI=1S/C14H22N2O/c1-14(8-5-11-17-14)12-15-9-10-16-13-6-3-2-4-7-13/h2-4,6-7,15-16H,5,8-12H2,1H3. The lowest BCUT2D eigenvalue weighted by Gasteiger charge is -2.23. The Bertz CT molecular complexity index is 320. The van der Waals surface area contributed by atoms with Crippen LogP contribution in [-0.4, -0.2) is 31.8 Å². The molecule has 0 spiro atoms. The summed E-state index contributed by atoms with van der Waals surface area (Å²) in [7, 11) is 0. The van der Waals surface area contributed by atoms with E-state index in [4.69, 9.17) is 4.74 Å². The van der Waals surface area contributed by atoms with Crippen LogP contribution in [0.1, 0.15) is 19.8 Å². The van der Waals surface area contributed by atoms with Crippen molar-refractivity contribution >= 4 is 5.69 Å². The maximum atomic E-state index is 5.72. The quantitative estimate of drug-likeness (QED) is 0.741. The summed E-state index contributed by atoms with van der Waals surface area (Å²) in [6.45, 7) is 5.97. The van der Waals surface area contributed by atoms with Crippen molar-refractivity contribution in [3.8, 4) is 0 Å². The van der Waals surface area contributed by atoms with Gasteiger partial charge in [0.2, 0.25) is 0 Å². The first-order chi connectivity index (χ1) is 8.29. The Balaban J connectivity index is 1.58. The van der Waals surface area contributed by atoms with Crippen LogP contribution in [0.15, 0.2) is 30.3 Å². The van der Waals surface area contributed by atoms with E-state index in [1.807, 2.05) is 18.2 Å². The zero-order valence-corrected chi connectivity index (χ0v) is 10.5. The van der Waals surface area contributed by atoms with Gasteiger partial charge in [-0.25, -0.2) is 0 Å². The summed E-state index contributed by atoms with van der Waals surface area (Å²) in [4.78, 5) is 0. The van der Waals surface area contributed by atoms with E-state index in [-0.39, 0.29) is 5.60 Å². The lowest BCUT2D eigenvalue weighted by molar-refractivity contribution is 0.0213. The highest BCUT2D eigenvalue weighted by molar-refractivity contribution is 5.42. The second kappa shape index (κ2) is 6.03. The highest BCUT2D eigenvalue weighted by Crippen LogP contribution is 2.23. The van der Waals surface area contributed by atoms with Gasteiger partial charge in [0.05, 0.1) is 5.60 Å². The van der Waals surface area contributed by atoms with Gasteiger partial charge in [-0.15, -0.1) is 0 Å². The number of benzene rings is 1. The van der Waals surface area contributed by atoms with Gasteiger partial charge >= 0.3 is 0 Å². The van der Waals surface area contributed by atoms with E-state index in [1.165, 1.54) is 18.5 Å². The third-order valence-electron chi connectivity index (χ3n) is 3.20. The molecule has 1 aliphatic rings. The van der Waals surface area contributed by atoms with Gasteiger partial charge in [0.15, 0.2) is 0 Å². The average Bonchev–Trinajstić information content (AvgIpc) is 2.77. The van der Waals surface area contributed by atoms with Crippen molar-refractivity contribution in [3.05, 3.63) is 30.3 Å². The highest BCUT2D eigenvalue weighted by atomic mass is 16.5. The van der Waals surface area contributed by atoms with E-state index < -0.39 is 0 Å². The van der Waals surface area contributed by atoms with Crippen molar-refractivity contribution in [2.24, 2.45) is 0 Å². The minimum atomic E-state index is 0.0622. The summed E-state index contributed by atoms with van der Waals surface area (Å²) >= 11 is 0. The smallest absolute Gasteiger partial charge is 0.0779 e. The summed E-state index contributed by atoms with van der Waals surface area (Å²) in [5.41, 5.74) is 1.24. The molecule has 2 rings (SSSR count). The summed E-state index contributed by atoms with van der Waals surface area (Å²) in [5, 5.41) is 6.83. The van der Waals surface area contributed by atoms with E-state index in [2.05, 4.69) is 29.7 Å². The fourth-order valence-corrected chi connectivity index (χ4v) is 2.18. The minimum Gasteiger partial charge on any atom is -0.384 e. The maximum Gasteiger partial charge on any atom is 0.0779 e. The predicted octanol–water partition coefficient (Wildman–Crippen LogP) is 2.26. The fraction of sp³-hybridized carbons (Fsp3) is 0.571. The van der Waals surface area contributed by atoms with Crippen LogP contribution < -0.4 is 10.6 Å². The molecule has 3 nitrogen and oxygen atoms in total. The Morgan fingerprint density at radius 2 is 2.06 bits per heavy atom. The molecule has 1 aliphatic heterocycles. The first-order valence-electron chi connectivity index (χ1n) is 6.42. The Morgan fingerprint density at radius 3 is 2.76 bits per heavy atom. The maximum absolute atomic E-state index is 5.72. The van der Waals surface area contributed by atoms with Crippen molar-refractivity contribution in [2.75, 3.05) is 31.6 Å². The molecule has 1 atom stereocenters. The number of anilines is 1. The number of para-hydroxylation sites is 1. The number of rotatable bonds is 6. The van der Waals surface area contributed by atoms with Crippen LogP contribution in [-0.2, 0) is 4.74 Å². The molecule has 94 valence electrons. The zero-order chi connectivity index (χ0) is 12.0. The molecule has 0 saturated carbocycles. The van der Waals surface area contributed by atoms with Gasteiger partial charge in [0.1, 0.15) is 0 Å². The molecule has 2 N–H and O–H groups in total. The molecule has 3 heteroatoms. The van der Waals surface area contributed by atoms with Crippen molar-refractivity contribution in [1.82, 2.24) is 5.32 Å². The normalized spacial score (nSPS) is 23.8. The van der Waals surface area contributed by atoms with E-state index in [0.717, 1.165) is 26.2 Å². The van der Waals surface area contributed by atoms with Crippen LogP contribution in [0.2, 0.25) is 0 Å². The van der Waals surface area contributed by atoms with E-state index >= 15 is 0 Å². The van der Waals surface area contributed by atoms with Crippen molar-refractivity contribution in [1.29, 1.82) is 0 Å². The number of nitrogens with one attached hydrogen (secondary N) is 2. The van der Waals surface area contributed by atoms with Crippen molar-refractivity contribution in [2.45, 2.75) is 25.4 Å². The van der Waals surface area contributed by atoms with Crippen LogP contribution in [0.4, 0.5) is 5.69 Å². The molecule has 0 amide bonds. The van der Waals surface area contributed by atoms with Crippen molar-refractivity contribution < 1.29 is 4.74 Å². The molecule has 1 aromatic carbocycles. The largest absolute Gasteiger partial charge is 0.384 e. The molecule has 0 aliphatic carbocycles. The Kier molecular flexibility index (Phi) is 4.40. The Labute approximate surface area is 104 Å². The van der Waals surface area contributed by atoms with Gasteiger partial charge in [-0.2, -0.15) is 0 Å². The topological polar surface area (TPSA) is 33.3 Å². The molecule has 17 heavy (non-hydrogen) atoms. The van der Waals surface area contributed by atoms with Crippen LogP contribution >= 0.6 is 0 Å². The summed E-state index contributed by atoms with van der Waals surface area (Å²) in [5.74, 6) is 0. The molecular weight excluding hydrogens is 212 g/mol. The molecule has 0 radical (unpaired) electrons. The molecule has 1 aromatic rings. The van der Waals surface area contributed by atoms with Gasteiger partial charge in [0, 0.05) is 31.9 Å². The summed E-state index contributed by atoms with van der Waals surface area (Å²) in [6, 6.07) is 10.3. The lowest BCUT2D eigenvalue weighted by atomic mass is 10.0. The average molecular weight is 234 g/mol. The number of ether oxygens (including phenoxy) is 1. The second-order valence-electron chi connectivity index (χ2n) is 4.87. The van der Waals surface area contributed by atoms with Gasteiger partial charge in [-0.05, 0) is 31.9 Å². The third kappa shape index (κ3) is 4.02. The number of hydrogen-bond donors (Lipinski definition) is 2. The first kappa shape index (κ1) is 12.4. The van der Waals surface area contributed by atoms with Gasteiger partial charge in [0.25, 0.3) is 0 Å². The SMILES string of the molecule is CC1(CNCCNc2ccccc2)CCCO1. The summed E-state index contributed by atoms with van der Waals surface area (Å²) in [6.07, 6.45) is 2.37. The van der Waals surface area contributed by atoms with Crippen LogP contribution in [0.25, 0.3) is 0 Å². The lowest BCUT2D eigenvalue weighted by Crippen LogP contribution is -2.38. The van der Waals surface area contributed by atoms with Crippen LogP contribution in [0, 0.1) is 0 Å². The molecular formula is C14H22N2O. The molecule has 1 heterocycles. The predicted molar refractivity (Wildman–Crippen MR) is 71.4 cm³/mol. The van der Waals surface area contributed by atoms with Crippen molar-refractivity contribution in [3.63, 3.8) is 0 Å². The zero-order valence-electron chi connectivity index (χ0n) is 10.5. The molecule has 1 fully saturated rings. The number of hydrogen-bond acceptors (Lipinski definition) is 3. The first-order valence-corrected chi connectivity index (χ1v) is 6.42. The Hall–Kier alpha value is -1.06. The second-order valence-corrected chi connectivity index (χ2v) is 4.87. The molecule has 0 aromatic heterocycles. The molecule has 1 saturated heterocycles. The third-order valence-corrected chi connectivity index (χ3v) is 3.20. The van der Waals surface area contributed by atoms with Gasteiger partial charge in [-0.3, -0.25) is 0 Å². The van der Waals surface area contributed by atoms with Crippen LogP contribution in [0.3, 0.4) is 0 Å². The minimum absolute atomic E-state index is 0.0622. The molecule has 1 unspecified atom stereocenters. The highest BCUT2D eigenvalue weighted by Gasteiger charge is 2.28. The van der Waals surface area contributed by atoms with Gasteiger partial charge in [-0.1, -0.05) is 18.2 Å². The van der Waals surface area contributed by atoms with E-state index in [0.29, 0.717) is 0 Å². The molecule has 0 bridgehead atoms. The van der Waals surface area contributed by atoms with Gasteiger partial charge < -0.3 is 15.4 Å². The van der Waals surface area contributed by atoms with E-state index in [1.54, 1.807) is 0 Å². The summed E-state index contributed by atoms with van der Waals surface area (Å²) < 4.78 is 5.72. The van der Waals surface area contributed by atoms with E-state index in [9.17, 15) is 0 Å². The fourth-order valence-electron chi connectivity index (χ4n) is 2.18. The monoisotopic (exact) mass is 234 g/mol. The Morgan fingerprint density at radius 1 is 1.24 bits per heavy atom. The van der Waals surface area contributed by atoms with Crippen LogP contribution in [0.5, 0.6) is 0 Å².